The average molecular weight is 295 g/mol. The molecule has 1 heterocycles. The maximum atomic E-state index is 12.1. The molecule has 1 saturated heterocycles. The second-order valence-electron chi connectivity index (χ2n) is 7.54. The molecule has 2 aliphatic rings. The van der Waals surface area contributed by atoms with Crippen LogP contribution in [0.3, 0.4) is 0 Å². The number of nitrogens with two attached hydrogens (primary N) is 1. The van der Waals surface area contributed by atoms with Crippen LogP contribution in [0.25, 0.3) is 0 Å². The normalized spacial score (nSPS) is 32.6. The van der Waals surface area contributed by atoms with Crippen molar-refractivity contribution in [1.29, 1.82) is 0 Å². The molecule has 0 aromatic rings. The van der Waals surface area contributed by atoms with Crippen molar-refractivity contribution in [1.82, 2.24) is 10.2 Å². The summed E-state index contributed by atoms with van der Waals surface area (Å²) in [7, 11) is 0. The van der Waals surface area contributed by atoms with Crippen molar-refractivity contribution in [2.45, 2.75) is 76.8 Å². The average Bonchev–Trinajstić information content (AvgIpc) is 2.98. The number of likely N-dealkylation sites (tertiary alicyclic amines) is 1. The lowest BCUT2D eigenvalue weighted by Gasteiger charge is -2.37. The summed E-state index contributed by atoms with van der Waals surface area (Å²) in [4.78, 5) is 14.7. The van der Waals surface area contributed by atoms with Crippen LogP contribution in [-0.2, 0) is 4.79 Å². The molecule has 0 aromatic heterocycles. The first kappa shape index (κ1) is 16.8. The van der Waals surface area contributed by atoms with Gasteiger partial charge in [0.1, 0.15) is 5.54 Å². The first-order valence-electron chi connectivity index (χ1n) is 8.72. The first-order chi connectivity index (χ1) is 9.92. The predicted molar refractivity (Wildman–Crippen MR) is 87.1 cm³/mol. The van der Waals surface area contributed by atoms with Crippen LogP contribution in [0.1, 0.15) is 65.7 Å². The number of hydrogen-bond donors (Lipinski definition) is 2. The highest BCUT2D eigenvalue weighted by molar-refractivity contribution is 5.85. The van der Waals surface area contributed by atoms with E-state index in [0.29, 0.717) is 11.5 Å². The number of nitrogens with zero attached hydrogens (tertiary/aromatic N) is 1. The Kier molecular flexibility index (Phi) is 5.31. The molecule has 4 heteroatoms. The third-order valence-corrected chi connectivity index (χ3v) is 5.77. The van der Waals surface area contributed by atoms with Crippen molar-refractivity contribution in [2.75, 3.05) is 19.6 Å². The Labute approximate surface area is 129 Å². The molecule has 122 valence electrons. The monoisotopic (exact) mass is 295 g/mol. The Balaban J connectivity index is 1.98. The lowest BCUT2D eigenvalue weighted by molar-refractivity contribution is -0.126. The van der Waals surface area contributed by atoms with Crippen molar-refractivity contribution < 1.29 is 4.79 Å². The highest BCUT2D eigenvalue weighted by Gasteiger charge is 2.47. The Bertz CT molecular complexity index is 369. The fourth-order valence-electron chi connectivity index (χ4n) is 4.35. The predicted octanol–water partition coefficient (Wildman–Crippen LogP) is 2.27. The van der Waals surface area contributed by atoms with Gasteiger partial charge in [-0.3, -0.25) is 9.69 Å². The van der Waals surface area contributed by atoms with E-state index in [1.54, 1.807) is 0 Å². The number of primary amides is 1. The van der Waals surface area contributed by atoms with Gasteiger partial charge in [-0.1, -0.05) is 13.3 Å². The van der Waals surface area contributed by atoms with Crippen LogP contribution >= 0.6 is 0 Å². The molecular formula is C17H33N3O. The Morgan fingerprint density at radius 1 is 1.33 bits per heavy atom. The van der Waals surface area contributed by atoms with E-state index in [4.69, 9.17) is 5.73 Å². The van der Waals surface area contributed by atoms with Crippen molar-refractivity contribution in [3.8, 4) is 0 Å². The number of amides is 1. The van der Waals surface area contributed by atoms with Gasteiger partial charge < -0.3 is 11.1 Å². The summed E-state index contributed by atoms with van der Waals surface area (Å²) >= 11 is 0. The number of carbonyl (C=O) groups excluding carboxylic acids is 1. The molecule has 3 N–H and O–H groups in total. The highest BCUT2D eigenvalue weighted by Crippen LogP contribution is 2.39. The van der Waals surface area contributed by atoms with Crippen LogP contribution in [0.5, 0.6) is 0 Å². The van der Waals surface area contributed by atoms with Crippen LogP contribution in [-0.4, -0.2) is 41.5 Å². The van der Waals surface area contributed by atoms with E-state index >= 15 is 0 Å². The van der Waals surface area contributed by atoms with Gasteiger partial charge in [0, 0.05) is 5.54 Å². The second kappa shape index (κ2) is 6.66. The van der Waals surface area contributed by atoms with Gasteiger partial charge in [-0.05, 0) is 77.9 Å². The quantitative estimate of drug-likeness (QED) is 0.757. The summed E-state index contributed by atoms with van der Waals surface area (Å²) in [5, 5.41) is 3.50. The van der Waals surface area contributed by atoms with Crippen molar-refractivity contribution in [3.05, 3.63) is 0 Å². The van der Waals surface area contributed by atoms with E-state index in [2.05, 4.69) is 31.0 Å². The minimum absolute atomic E-state index is 0.140. The van der Waals surface area contributed by atoms with E-state index in [1.165, 1.54) is 19.4 Å². The summed E-state index contributed by atoms with van der Waals surface area (Å²) in [6.45, 7) is 10.00. The fourth-order valence-corrected chi connectivity index (χ4v) is 4.35. The number of rotatable bonds is 7. The number of hydrogen-bond acceptors (Lipinski definition) is 3. The van der Waals surface area contributed by atoms with E-state index in [9.17, 15) is 4.79 Å². The third kappa shape index (κ3) is 3.42. The molecule has 1 amide bonds. The molecule has 4 nitrogen and oxygen atoms in total. The minimum atomic E-state index is -0.445. The van der Waals surface area contributed by atoms with Crippen LogP contribution in [0.4, 0.5) is 0 Å². The smallest absolute Gasteiger partial charge is 0.238 e. The molecule has 1 saturated carbocycles. The van der Waals surface area contributed by atoms with E-state index in [0.717, 1.165) is 45.2 Å². The molecule has 0 bridgehead atoms. The van der Waals surface area contributed by atoms with Crippen molar-refractivity contribution >= 4 is 5.91 Å². The van der Waals surface area contributed by atoms with E-state index in [-0.39, 0.29) is 5.91 Å². The van der Waals surface area contributed by atoms with Gasteiger partial charge in [-0.15, -0.1) is 0 Å². The summed E-state index contributed by atoms with van der Waals surface area (Å²) in [5.74, 6) is 0.261. The molecule has 1 aliphatic carbocycles. The minimum Gasteiger partial charge on any atom is -0.368 e. The Morgan fingerprint density at radius 2 is 2.10 bits per heavy atom. The SMILES string of the molecule is CCCNC1(C(N)=O)CCCC1CCN1CCCC1(C)C. The maximum absolute atomic E-state index is 12.1. The van der Waals surface area contributed by atoms with E-state index < -0.39 is 5.54 Å². The molecular weight excluding hydrogens is 262 g/mol. The standard InChI is InChI=1S/C17H33N3O/c1-4-11-19-17(15(18)21)10-5-7-14(17)8-13-20-12-6-9-16(20,2)3/h14,19H,4-13H2,1-3H3,(H2,18,21). The largest absolute Gasteiger partial charge is 0.368 e. The topological polar surface area (TPSA) is 58.4 Å². The van der Waals surface area contributed by atoms with Crippen LogP contribution in [0.2, 0.25) is 0 Å². The summed E-state index contributed by atoms with van der Waals surface area (Å²) in [6.07, 6.45) is 7.88. The van der Waals surface area contributed by atoms with Gasteiger partial charge in [0.2, 0.25) is 5.91 Å². The maximum Gasteiger partial charge on any atom is 0.238 e. The molecule has 0 aromatic carbocycles. The highest BCUT2D eigenvalue weighted by atomic mass is 16.1. The molecule has 0 spiro atoms. The van der Waals surface area contributed by atoms with Crippen molar-refractivity contribution in [3.63, 3.8) is 0 Å². The van der Waals surface area contributed by atoms with Crippen LogP contribution in [0.15, 0.2) is 0 Å². The van der Waals surface area contributed by atoms with Crippen molar-refractivity contribution in [2.24, 2.45) is 11.7 Å². The molecule has 2 atom stereocenters. The zero-order valence-corrected chi connectivity index (χ0v) is 14.1. The third-order valence-electron chi connectivity index (χ3n) is 5.77. The van der Waals surface area contributed by atoms with E-state index in [1.807, 2.05) is 0 Å². The number of carbonyl (C=O) groups is 1. The van der Waals surface area contributed by atoms with Gasteiger partial charge in [-0.2, -0.15) is 0 Å². The van der Waals surface area contributed by atoms with Gasteiger partial charge >= 0.3 is 0 Å². The summed E-state index contributed by atoms with van der Waals surface area (Å²) < 4.78 is 0. The molecule has 21 heavy (non-hydrogen) atoms. The zero-order chi connectivity index (χ0) is 15.5. The molecule has 2 fully saturated rings. The van der Waals surface area contributed by atoms with Crippen LogP contribution in [0, 0.1) is 5.92 Å². The first-order valence-corrected chi connectivity index (χ1v) is 8.72. The van der Waals surface area contributed by atoms with Gasteiger partial charge in [-0.25, -0.2) is 0 Å². The summed E-state index contributed by atoms with van der Waals surface area (Å²) in [6, 6.07) is 0. The Hall–Kier alpha value is -0.610. The summed E-state index contributed by atoms with van der Waals surface area (Å²) in [5.41, 5.74) is 5.67. The Morgan fingerprint density at radius 3 is 2.67 bits per heavy atom. The lowest BCUT2D eigenvalue weighted by atomic mass is 9.83. The zero-order valence-electron chi connectivity index (χ0n) is 14.1. The molecule has 2 rings (SSSR count). The molecule has 2 unspecified atom stereocenters. The van der Waals surface area contributed by atoms with Gasteiger partial charge in [0.25, 0.3) is 0 Å². The molecule has 1 aliphatic heterocycles. The van der Waals surface area contributed by atoms with Gasteiger partial charge in [0.05, 0.1) is 0 Å². The fraction of sp³-hybridized carbons (Fsp3) is 0.941. The van der Waals surface area contributed by atoms with Gasteiger partial charge in [0.15, 0.2) is 0 Å². The second-order valence-corrected chi connectivity index (χ2v) is 7.54. The van der Waals surface area contributed by atoms with Crippen LogP contribution < -0.4 is 11.1 Å². The lowest BCUT2D eigenvalue weighted by Crippen LogP contribution is -2.58. The molecule has 0 radical (unpaired) electrons. The number of nitrogens with one attached hydrogen (secondary N) is 1.